The van der Waals surface area contributed by atoms with Crippen molar-refractivity contribution in [1.29, 1.82) is 0 Å². The van der Waals surface area contributed by atoms with Gasteiger partial charge in [0.2, 0.25) is 5.95 Å². The topological polar surface area (TPSA) is 66.9 Å². The summed E-state index contributed by atoms with van der Waals surface area (Å²) in [7, 11) is 0. The summed E-state index contributed by atoms with van der Waals surface area (Å²) in [4.78, 5) is 21.0. The lowest BCUT2D eigenvalue weighted by Gasteiger charge is -2.11. The van der Waals surface area contributed by atoms with Crippen LogP contribution < -0.4 is 10.6 Å². The molecule has 0 radical (unpaired) electrons. The average Bonchev–Trinajstić information content (AvgIpc) is 2.60. The Morgan fingerprint density at radius 2 is 1.60 bits per heavy atom. The molecule has 1 amide bonds. The molecule has 0 unspecified atom stereocenters. The van der Waals surface area contributed by atoms with E-state index >= 15 is 0 Å². The first-order valence-corrected chi connectivity index (χ1v) is 8.07. The van der Waals surface area contributed by atoms with Crippen LogP contribution in [-0.4, -0.2) is 15.9 Å². The van der Waals surface area contributed by atoms with Gasteiger partial charge < -0.3 is 10.6 Å². The third kappa shape index (κ3) is 4.01. The average molecular weight is 332 g/mol. The van der Waals surface area contributed by atoms with Gasteiger partial charge in [-0.3, -0.25) is 4.79 Å². The van der Waals surface area contributed by atoms with Gasteiger partial charge in [-0.1, -0.05) is 35.9 Å². The van der Waals surface area contributed by atoms with E-state index in [1.165, 1.54) is 5.56 Å². The normalized spacial score (nSPS) is 10.4. The van der Waals surface area contributed by atoms with Crippen molar-refractivity contribution in [3.8, 4) is 0 Å². The molecule has 1 heterocycles. The second-order valence-corrected chi connectivity index (χ2v) is 5.98. The zero-order chi connectivity index (χ0) is 17.8. The first kappa shape index (κ1) is 16.6. The largest absolute Gasteiger partial charge is 0.324 e. The number of carbonyl (C=O) groups excluding carboxylic acids is 1. The second kappa shape index (κ2) is 7.13. The molecule has 0 fully saturated rings. The molecule has 2 aromatic carbocycles. The Kier molecular flexibility index (Phi) is 4.75. The van der Waals surface area contributed by atoms with Crippen molar-refractivity contribution in [2.45, 2.75) is 20.8 Å². The third-order valence-corrected chi connectivity index (χ3v) is 3.92. The number of anilines is 3. The predicted molar refractivity (Wildman–Crippen MR) is 100 cm³/mol. The predicted octanol–water partition coefficient (Wildman–Crippen LogP) is 4.40. The van der Waals surface area contributed by atoms with Crippen LogP contribution in [0.15, 0.2) is 54.7 Å². The van der Waals surface area contributed by atoms with Gasteiger partial charge in [0.05, 0.1) is 0 Å². The zero-order valence-electron chi connectivity index (χ0n) is 14.5. The molecular formula is C20H20N4O. The number of rotatable bonds is 4. The molecule has 0 atom stereocenters. The molecule has 0 aliphatic rings. The molecule has 0 saturated carbocycles. The highest BCUT2D eigenvalue weighted by molar-refractivity contribution is 6.03. The number of hydrogen-bond donors (Lipinski definition) is 2. The van der Waals surface area contributed by atoms with Gasteiger partial charge in [0.25, 0.3) is 5.91 Å². The Balaban J connectivity index is 1.78. The van der Waals surface area contributed by atoms with E-state index in [0.717, 1.165) is 22.5 Å². The summed E-state index contributed by atoms with van der Waals surface area (Å²) in [5, 5.41) is 6.05. The van der Waals surface area contributed by atoms with E-state index in [2.05, 4.69) is 20.6 Å². The number of nitrogens with one attached hydrogen (secondary N) is 2. The van der Waals surface area contributed by atoms with Crippen molar-refractivity contribution in [2.75, 3.05) is 10.6 Å². The minimum atomic E-state index is -0.258. The fourth-order valence-corrected chi connectivity index (χ4v) is 2.50. The molecule has 126 valence electrons. The van der Waals surface area contributed by atoms with Crippen molar-refractivity contribution >= 4 is 23.2 Å². The Labute approximate surface area is 147 Å². The van der Waals surface area contributed by atoms with E-state index in [-0.39, 0.29) is 5.91 Å². The summed E-state index contributed by atoms with van der Waals surface area (Å²) in [5.74, 6) is 0.129. The summed E-state index contributed by atoms with van der Waals surface area (Å²) in [6.07, 6.45) is 1.57. The molecule has 0 aliphatic carbocycles. The lowest BCUT2D eigenvalue weighted by molar-refractivity contribution is 0.102. The SMILES string of the molecule is Cc1ccc(Nc2nccc(C(=O)Nc3c(C)cccc3C)n2)cc1. The molecule has 1 aromatic heterocycles. The van der Waals surface area contributed by atoms with Crippen LogP contribution in [0, 0.1) is 20.8 Å². The van der Waals surface area contributed by atoms with Gasteiger partial charge in [-0.2, -0.15) is 0 Å². The van der Waals surface area contributed by atoms with Gasteiger partial charge in [0.1, 0.15) is 5.69 Å². The van der Waals surface area contributed by atoms with Gasteiger partial charge in [-0.05, 0) is 50.1 Å². The van der Waals surface area contributed by atoms with Crippen molar-refractivity contribution in [2.24, 2.45) is 0 Å². The summed E-state index contributed by atoms with van der Waals surface area (Å²) in [6.45, 7) is 5.96. The molecule has 5 heteroatoms. The minimum Gasteiger partial charge on any atom is -0.324 e. The van der Waals surface area contributed by atoms with E-state index in [9.17, 15) is 4.79 Å². The number of aromatic nitrogens is 2. The Morgan fingerprint density at radius 3 is 2.28 bits per heavy atom. The van der Waals surface area contributed by atoms with Crippen LogP contribution in [-0.2, 0) is 0 Å². The number of aryl methyl sites for hydroxylation is 3. The molecule has 3 aromatic rings. The van der Waals surface area contributed by atoms with Gasteiger partial charge in [0, 0.05) is 17.6 Å². The molecule has 5 nitrogen and oxygen atoms in total. The quantitative estimate of drug-likeness (QED) is 0.743. The van der Waals surface area contributed by atoms with Gasteiger partial charge in [0.15, 0.2) is 0 Å². The van der Waals surface area contributed by atoms with Gasteiger partial charge >= 0.3 is 0 Å². The Bertz CT molecular complexity index is 884. The highest BCUT2D eigenvalue weighted by Gasteiger charge is 2.12. The molecule has 3 rings (SSSR count). The highest BCUT2D eigenvalue weighted by Crippen LogP contribution is 2.20. The van der Waals surface area contributed by atoms with Crippen LogP contribution in [0.3, 0.4) is 0 Å². The van der Waals surface area contributed by atoms with Crippen LogP contribution in [0.2, 0.25) is 0 Å². The molecule has 0 bridgehead atoms. The maximum atomic E-state index is 12.5. The summed E-state index contributed by atoms with van der Waals surface area (Å²) in [6, 6.07) is 15.4. The summed E-state index contributed by atoms with van der Waals surface area (Å²) < 4.78 is 0. The molecule has 2 N–H and O–H groups in total. The van der Waals surface area contributed by atoms with Crippen molar-refractivity contribution in [3.05, 3.63) is 77.1 Å². The smallest absolute Gasteiger partial charge is 0.274 e. The Morgan fingerprint density at radius 1 is 0.920 bits per heavy atom. The molecule has 0 spiro atoms. The van der Waals surface area contributed by atoms with Crippen LogP contribution >= 0.6 is 0 Å². The number of carbonyl (C=O) groups is 1. The number of para-hydroxylation sites is 1. The first-order chi connectivity index (χ1) is 12.0. The number of hydrogen-bond acceptors (Lipinski definition) is 4. The molecular weight excluding hydrogens is 312 g/mol. The summed E-state index contributed by atoms with van der Waals surface area (Å²) in [5.41, 5.74) is 5.21. The van der Waals surface area contributed by atoms with Crippen molar-refractivity contribution in [3.63, 3.8) is 0 Å². The van der Waals surface area contributed by atoms with E-state index in [0.29, 0.717) is 11.6 Å². The van der Waals surface area contributed by atoms with Crippen LogP contribution in [0.4, 0.5) is 17.3 Å². The van der Waals surface area contributed by atoms with E-state index in [1.54, 1.807) is 12.3 Å². The maximum Gasteiger partial charge on any atom is 0.274 e. The second-order valence-electron chi connectivity index (χ2n) is 5.98. The van der Waals surface area contributed by atoms with Crippen LogP contribution in [0.25, 0.3) is 0 Å². The van der Waals surface area contributed by atoms with E-state index in [1.807, 2.05) is 63.2 Å². The number of nitrogens with zero attached hydrogens (tertiary/aromatic N) is 2. The third-order valence-electron chi connectivity index (χ3n) is 3.92. The summed E-state index contributed by atoms with van der Waals surface area (Å²) >= 11 is 0. The van der Waals surface area contributed by atoms with E-state index in [4.69, 9.17) is 0 Å². The van der Waals surface area contributed by atoms with E-state index < -0.39 is 0 Å². The standard InChI is InChI=1S/C20H20N4O/c1-13-7-9-16(10-8-13)22-20-21-12-11-17(23-20)19(25)24-18-14(2)5-4-6-15(18)3/h4-12H,1-3H3,(H,24,25)(H,21,22,23). The minimum absolute atomic E-state index is 0.258. The molecule has 0 aliphatic heterocycles. The van der Waals surface area contributed by atoms with Gasteiger partial charge in [-0.15, -0.1) is 0 Å². The van der Waals surface area contributed by atoms with Crippen molar-refractivity contribution < 1.29 is 4.79 Å². The lowest BCUT2D eigenvalue weighted by atomic mass is 10.1. The highest BCUT2D eigenvalue weighted by atomic mass is 16.1. The fourth-order valence-electron chi connectivity index (χ4n) is 2.50. The monoisotopic (exact) mass is 332 g/mol. The zero-order valence-corrected chi connectivity index (χ0v) is 14.5. The van der Waals surface area contributed by atoms with Crippen LogP contribution in [0.1, 0.15) is 27.2 Å². The first-order valence-electron chi connectivity index (χ1n) is 8.07. The maximum absolute atomic E-state index is 12.5. The number of amides is 1. The Hall–Kier alpha value is -3.21. The lowest BCUT2D eigenvalue weighted by Crippen LogP contribution is -2.16. The molecule has 25 heavy (non-hydrogen) atoms. The van der Waals surface area contributed by atoms with Crippen LogP contribution in [0.5, 0.6) is 0 Å². The molecule has 0 saturated heterocycles. The van der Waals surface area contributed by atoms with Crippen molar-refractivity contribution in [1.82, 2.24) is 9.97 Å². The fraction of sp³-hybridized carbons (Fsp3) is 0.150. The van der Waals surface area contributed by atoms with Gasteiger partial charge in [-0.25, -0.2) is 9.97 Å². The number of benzene rings is 2.